The smallest absolute Gasteiger partial charge is 0.328 e. The van der Waals surface area contributed by atoms with E-state index in [1.807, 2.05) is 13.8 Å². The van der Waals surface area contributed by atoms with Crippen molar-refractivity contribution in [1.82, 2.24) is 10.3 Å². The van der Waals surface area contributed by atoms with Crippen LogP contribution in [0.15, 0.2) is 30.3 Å². The molecular formula is C25H27ClN2O8. The van der Waals surface area contributed by atoms with Gasteiger partial charge < -0.3 is 34.5 Å². The van der Waals surface area contributed by atoms with E-state index >= 15 is 0 Å². The molecule has 192 valence electrons. The monoisotopic (exact) mass is 518 g/mol. The Morgan fingerprint density at radius 3 is 2.31 bits per heavy atom. The van der Waals surface area contributed by atoms with Crippen molar-refractivity contribution in [3.05, 3.63) is 46.7 Å². The van der Waals surface area contributed by atoms with Gasteiger partial charge in [-0.25, -0.2) is 9.78 Å². The number of nitrogens with one attached hydrogen (secondary N) is 1. The highest BCUT2D eigenvalue weighted by atomic mass is 35.5. The number of amides is 1. The van der Waals surface area contributed by atoms with Crippen LogP contribution in [0.5, 0.6) is 28.7 Å². The topological polar surface area (TPSA) is 136 Å². The number of pyridine rings is 1. The molecule has 1 amide bonds. The summed E-state index contributed by atoms with van der Waals surface area (Å²) in [5.74, 6) is -0.948. The number of aromatic hydroxyl groups is 2. The van der Waals surface area contributed by atoms with Crippen LogP contribution in [0.25, 0.3) is 10.8 Å². The molecule has 0 unspecified atom stereocenters. The maximum absolute atomic E-state index is 13.2. The number of esters is 1. The number of ether oxygens (including phenoxy) is 4. The Kier molecular flexibility index (Phi) is 8.31. The van der Waals surface area contributed by atoms with Gasteiger partial charge in [0.25, 0.3) is 5.91 Å². The Hall–Kier alpha value is -3.92. The lowest BCUT2D eigenvalue weighted by atomic mass is 10.0. The number of methoxy groups -OCH3 is 3. The van der Waals surface area contributed by atoms with E-state index in [-0.39, 0.29) is 34.7 Å². The summed E-state index contributed by atoms with van der Waals surface area (Å²) in [7, 11) is 4.10. The van der Waals surface area contributed by atoms with Crippen molar-refractivity contribution in [2.24, 2.45) is 0 Å². The number of fused-ring (bicyclic) bond motifs is 1. The van der Waals surface area contributed by atoms with E-state index in [0.29, 0.717) is 33.7 Å². The van der Waals surface area contributed by atoms with Gasteiger partial charge >= 0.3 is 5.97 Å². The summed E-state index contributed by atoms with van der Waals surface area (Å²) in [6, 6.07) is 6.15. The molecule has 1 heterocycles. The highest BCUT2D eigenvalue weighted by Gasteiger charge is 2.26. The number of rotatable bonds is 9. The molecular weight excluding hydrogens is 492 g/mol. The number of halogens is 1. The zero-order chi connectivity index (χ0) is 26.6. The molecule has 0 radical (unpaired) electrons. The third-order valence-electron chi connectivity index (χ3n) is 5.24. The Morgan fingerprint density at radius 2 is 1.72 bits per heavy atom. The largest absolute Gasteiger partial charge is 0.507 e. The number of carbonyl (C=O) groups excluding carboxylic acids is 2. The van der Waals surface area contributed by atoms with Gasteiger partial charge in [-0.3, -0.25) is 4.79 Å². The molecule has 0 saturated carbocycles. The van der Waals surface area contributed by atoms with E-state index in [9.17, 15) is 19.8 Å². The minimum atomic E-state index is -1.15. The zero-order valence-electron chi connectivity index (χ0n) is 20.4. The van der Waals surface area contributed by atoms with Crippen molar-refractivity contribution in [2.45, 2.75) is 32.4 Å². The van der Waals surface area contributed by atoms with Crippen molar-refractivity contribution in [2.75, 3.05) is 21.3 Å². The minimum absolute atomic E-state index is 0.0696. The van der Waals surface area contributed by atoms with Crippen LogP contribution in [0.4, 0.5) is 0 Å². The van der Waals surface area contributed by atoms with E-state index < -0.39 is 17.9 Å². The third-order valence-corrected chi connectivity index (χ3v) is 5.51. The first kappa shape index (κ1) is 26.7. The fraction of sp³-hybridized carbons (Fsp3) is 0.320. The van der Waals surface area contributed by atoms with E-state index in [4.69, 9.17) is 30.5 Å². The van der Waals surface area contributed by atoms with E-state index in [0.717, 1.165) is 0 Å². The maximum atomic E-state index is 13.2. The lowest BCUT2D eigenvalue weighted by molar-refractivity contribution is -0.142. The van der Waals surface area contributed by atoms with Gasteiger partial charge in [0.15, 0.2) is 22.4 Å². The summed E-state index contributed by atoms with van der Waals surface area (Å²) in [5, 5.41) is 23.7. The number of hydrogen-bond donors (Lipinski definition) is 3. The van der Waals surface area contributed by atoms with Gasteiger partial charge in [-0.1, -0.05) is 11.6 Å². The maximum Gasteiger partial charge on any atom is 0.328 e. The normalized spacial score (nSPS) is 11.8. The highest BCUT2D eigenvalue weighted by molar-refractivity contribution is 6.30. The molecule has 0 aliphatic rings. The van der Waals surface area contributed by atoms with Crippen LogP contribution in [0, 0.1) is 0 Å². The molecule has 36 heavy (non-hydrogen) atoms. The van der Waals surface area contributed by atoms with Gasteiger partial charge in [0.1, 0.15) is 11.8 Å². The summed E-state index contributed by atoms with van der Waals surface area (Å²) in [6.45, 7) is 3.72. The Bertz CT molecular complexity index is 1300. The minimum Gasteiger partial charge on any atom is -0.507 e. The van der Waals surface area contributed by atoms with Crippen LogP contribution in [0.1, 0.15) is 29.9 Å². The van der Waals surface area contributed by atoms with Crippen LogP contribution in [-0.2, 0) is 16.0 Å². The first-order valence-corrected chi connectivity index (χ1v) is 11.3. The molecule has 0 saturated heterocycles. The van der Waals surface area contributed by atoms with Crippen molar-refractivity contribution in [3.63, 3.8) is 0 Å². The summed E-state index contributed by atoms with van der Waals surface area (Å²) in [6.07, 6.45) is -0.215. The lowest BCUT2D eigenvalue weighted by Crippen LogP contribution is -2.43. The molecule has 0 aliphatic heterocycles. The molecule has 1 aromatic heterocycles. The number of nitrogens with zero attached hydrogens (tertiary/aromatic N) is 1. The SMILES string of the molecule is COC(=O)[C@H](Cc1ccc(O)c(Cl)n1)NC(=O)c1cc2c(OC)c(OC)c(OC(C)C)cc2cc1O. The average Bonchev–Trinajstić information content (AvgIpc) is 2.83. The summed E-state index contributed by atoms with van der Waals surface area (Å²) in [4.78, 5) is 29.5. The van der Waals surface area contributed by atoms with E-state index in [1.54, 1.807) is 6.07 Å². The third kappa shape index (κ3) is 5.65. The van der Waals surface area contributed by atoms with Crippen LogP contribution in [0.2, 0.25) is 5.15 Å². The number of hydrogen-bond acceptors (Lipinski definition) is 9. The quantitative estimate of drug-likeness (QED) is 0.286. The zero-order valence-corrected chi connectivity index (χ0v) is 21.2. The van der Waals surface area contributed by atoms with Crippen LogP contribution >= 0.6 is 11.6 Å². The van der Waals surface area contributed by atoms with Crippen molar-refractivity contribution < 1.29 is 38.7 Å². The second-order valence-corrected chi connectivity index (χ2v) is 8.42. The summed E-state index contributed by atoms with van der Waals surface area (Å²) < 4.78 is 21.7. The Balaban J connectivity index is 2.00. The molecule has 2 aromatic carbocycles. The van der Waals surface area contributed by atoms with Gasteiger partial charge in [-0.05, 0) is 49.6 Å². The van der Waals surface area contributed by atoms with E-state index in [1.165, 1.54) is 45.6 Å². The van der Waals surface area contributed by atoms with Gasteiger partial charge in [0.05, 0.1) is 33.0 Å². The number of aromatic nitrogens is 1. The van der Waals surface area contributed by atoms with Gasteiger partial charge in [0.2, 0.25) is 5.75 Å². The van der Waals surface area contributed by atoms with Gasteiger partial charge in [0, 0.05) is 17.5 Å². The Morgan fingerprint density at radius 1 is 1.03 bits per heavy atom. The second-order valence-electron chi connectivity index (χ2n) is 8.06. The molecule has 11 heteroatoms. The predicted octanol–water partition coefficient (Wildman–Crippen LogP) is 3.62. The lowest BCUT2D eigenvalue weighted by Gasteiger charge is -2.19. The predicted molar refractivity (Wildman–Crippen MR) is 132 cm³/mol. The van der Waals surface area contributed by atoms with Crippen molar-refractivity contribution >= 4 is 34.2 Å². The molecule has 0 spiro atoms. The van der Waals surface area contributed by atoms with Crippen molar-refractivity contribution in [1.29, 1.82) is 0 Å². The van der Waals surface area contributed by atoms with Crippen LogP contribution in [-0.4, -0.2) is 60.5 Å². The first-order chi connectivity index (χ1) is 17.1. The summed E-state index contributed by atoms with van der Waals surface area (Å²) >= 11 is 5.85. The molecule has 1 atom stereocenters. The fourth-order valence-corrected chi connectivity index (χ4v) is 3.81. The van der Waals surface area contributed by atoms with Crippen LogP contribution < -0.4 is 19.5 Å². The highest BCUT2D eigenvalue weighted by Crippen LogP contribution is 2.45. The van der Waals surface area contributed by atoms with Crippen molar-refractivity contribution in [3.8, 4) is 28.7 Å². The van der Waals surface area contributed by atoms with Crippen LogP contribution in [0.3, 0.4) is 0 Å². The average molecular weight is 519 g/mol. The molecule has 0 fully saturated rings. The standard InChI is InChI=1S/C25H27ClN2O8/c1-12(2)36-20-9-13-8-19(30)16(11-15(13)21(33-3)22(20)34-4)24(31)28-17(25(32)35-5)10-14-6-7-18(29)23(26)27-14/h6-9,11-12,17,29-30H,10H2,1-5H3,(H,28,31)/t17-/m0/s1. The van der Waals surface area contributed by atoms with Gasteiger partial charge in [-0.2, -0.15) is 0 Å². The first-order valence-electron chi connectivity index (χ1n) is 10.9. The second kappa shape index (κ2) is 11.2. The molecule has 3 N–H and O–H groups in total. The molecule has 3 rings (SSSR count). The molecule has 10 nitrogen and oxygen atoms in total. The number of phenols is 1. The molecule has 3 aromatic rings. The molecule has 0 aliphatic carbocycles. The Labute approximate surface area is 212 Å². The number of benzene rings is 2. The number of phenolic OH excluding ortho intramolecular Hbond substituents is 1. The van der Waals surface area contributed by atoms with E-state index in [2.05, 4.69) is 10.3 Å². The number of carbonyl (C=O) groups is 2. The summed E-state index contributed by atoms with van der Waals surface area (Å²) in [5.41, 5.74) is 0.228. The van der Waals surface area contributed by atoms with Gasteiger partial charge in [-0.15, -0.1) is 0 Å². The molecule has 0 bridgehead atoms. The fourth-order valence-electron chi connectivity index (χ4n) is 3.64.